The van der Waals surface area contributed by atoms with Crippen molar-refractivity contribution in [3.8, 4) is 0 Å². The third kappa shape index (κ3) is 4.51. The van der Waals surface area contributed by atoms with Crippen LogP contribution in [0.2, 0.25) is 5.02 Å². The molecule has 104 valence electrons. The fourth-order valence-corrected chi connectivity index (χ4v) is 2.56. The largest absolute Gasteiger partial charge is 0.326 e. The van der Waals surface area contributed by atoms with Gasteiger partial charge in [-0.3, -0.25) is 4.79 Å². The summed E-state index contributed by atoms with van der Waals surface area (Å²) in [4.78, 5) is 14.3. The minimum absolute atomic E-state index is 0.0657. The molecule has 1 heterocycles. The van der Waals surface area contributed by atoms with E-state index in [1.165, 1.54) is 19.3 Å². The van der Waals surface area contributed by atoms with Gasteiger partial charge in [0.25, 0.3) is 0 Å². The molecule has 0 aliphatic carbocycles. The number of carbonyl (C=O) groups is 1. The van der Waals surface area contributed by atoms with Crippen LogP contribution in [0, 0.1) is 6.92 Å². The second-order valence-electron chi connectivity index (χ2n) is 5.16. The van der Waals surface area contributed by atoms with E-state index in [2.05, 4.69) is 10.2 Å². The molecule has 2 rings (SSSR count). The Kier molecular flexibility index (Phi) is 5.23. The average molecular weight is 281 g/mol. The Hall–Kier alpha value is -1.06. The number of nitrogens with one attached hydrogen (secondary N) is 1. The molecule has 0 spiro atoms. The summed E-state index contributed by atoms with van der Waals surface area (Å²) in [5.41, 5.74) is 1.85. The van der Waals surface area contributed by atoms with Crippen molar-refractivity contribution in [2.75, 3.05) is 25.0 Å². The Balaban J connectivity index is 1.81. The summed E-state index contributed by atoms with van der Waals surface area (Å²) >= 11 is 5.94. The number of likely N-dealkylation sites (tertiary alicyclic amines) is 1. The fraction of sp³-hybridized carbons (Fsp3) is 0.533. The SMILES string of the molecule is Cc1ccc(Cl)cc1NC(=O)CCN1CCCCC1. The van der Waals surface area contributed by atoms with E-state index in [4.69, 9.17) is 11.6 Å². The topological polar surface area (TPSA) is 32.3 Å². The van der Waals surface area contributed by atoms with Gasteiger partial charge in [0.15, 0.2) is 0 Å². The maximum Gasteiger partial charge on any atom is 0.225 e. The normalized spacial score (nSPS) is 16.3. The highest BCUT2D eigenvalue weighted by Crippen LogP contribution is 2.20. The molecule has 1 aliphatic heterocycles. The number of rotatable bonds is 4. The van der Waals surface area contributed by atoms with Gasteiger partial charge in [0.1, 0.15) is 0 Å². The van der Waals surface area contributed by atoms with E-state index >= 15 is 0 Å². The number of nitrogens with zero attached hydrogens (tertiary/aromatic N) is 1. The van der Waals surface area contributed by atoms with Crippen molar-refractivity contribution < 1.29 is 4.79 Å². The lowest BCUT2D eigenvalue weighted by molar-refractivity contribution is -0.116. The van der Waals surface area contributed by atoms with Crippen molar-refractivity contribution in [1.29, 1.82) is 0 Å². The molecule has 0 bridgehead atoms. The summed E-state index contributed by atoms with van der Waals surface area (Å²) in [5.74, 6) is 0.0657. The lowest BCUT2D eigenvalue weighted by Gasteiger charge is -2.26. The number of piperidine rings is 1. The molecule has 0 saturated carbocycles. The van der Waals surface area contributed by atoms with Gasteiger partial charge in [-0.2, -0.15) is 0 Å². The molecule has 0 radical (unpaired) electrons. The van der Waals surface area contributed by atoms with Crippen LogP contribution in [0.1, 0.15) is 31.2 Å². The standard InChI is InChI=1S/C15H21ClN2O/c1-12-5-6-13(16)11-14(12)17-15(19)7-10-18-8-3-2-4-9-18/h5-6,11H,2-4,7-10H2,1H3,(H,17,19). The van der Waals surface area contributed by atoms with Crippen LogP contribution in [0.15, 0.2) is 18.2 Å². The first-order valence-electron chi connectivity index (χ1n) is 6.93. The number of amides is 1. The van der Waals surface area contributed by atoms with Gasteiger partial charge in [-0.25, -0.2) is 0 Å². The van der Waals surface area contributed by atoms with Crippen LogP contribution in [0.4, 0.5) is 5.69 Å². The van der Waals surface area contributed by atoms with Gasteiger partial charge in [-0.05, 0) is 50.6 Å². The molecule has 1 N–H and O–H groups in total. The zero-order valence-corrected chi connectivity index (χ0v) is 12.2. The number of halogens is 1. The first-order valence-corrected chi connectivity index (χ1v) is 7.31. The molecule has 1 fully saturated rings. The highest BCUT2D eigenvalue weighted by Gasteiger charge is 2.12. The molecule has 19 heavy (non-hydrogen) atoms. The fourth-order valence-electron chi connectivity index (χ4n) is 2.38. The molecular formula is C15H21ClN2O. The molecule has 1 amide bonds. The van der Waals surface area contributed by atoms with E-state index in [-0.39, 0.29) is 5.91 Å². The van der Waals surface area contributed by atoms with Crippen molar-refractivity contribution in [2.45, 2.75) is 32.6 Å². The smallest absolute Gasteiger partial charge is 0.225 e. The van der Waals surface area contributed by atoms with Crippen molar-refractivity contribution in [2.24, 2.45) is 0 Å². The number of carbonyl (C=O) groups excluding carboxylic acids is 1. The van der Waals surface area contributed by atoms with Crippen LogP contribution in [0.5, 0.6) is 0 Å². The van der Waals surface area contributed by atoms with Gasteiger partial charge in [0.05, 0.1) is 0 Å². The Bertz CT molecular complexity index is 442. The number of aryl methyl sites for hydroxylation is 1. The predicted octanol–water partition coefficient (Wildman–Crippen LogP) is 3.46. The zero-order chi connectivity index (χ0) is 13.7. The summed E-state index contributed by atoms with van der Waals surface area (Å²) in [7, 11) is 0. The van der Waals surface area contributed by atoms with Gasteiger partial charge in [-0.1, -0.05) is 24.1 Å². The summed E-state index contributed by atoms with van der Waals surface area (Å²) in [6.07, 6.45) is 4.39. The molecule has 0 unspecified atom stereocenters. The molecular weight excluding hydrogens is 260 g/mol. The Morgan fingerprint density at radius 3 is 2.79 bits per heavy atom. The number of hydrogen-bond acceptors (Lipinski definition) is 2. The summed E-state index contributed by atoms with van der Waals surface area (Å²) in [6, 6.07) is 5.55. The minimum atomic E-state index is 0.0657. The molecule has 3 nitrogen and oxygen atoms in total. The van der Waals surface area contributed by atoms with Gasteiger partial charge >= 0.3 is 0 Å². The molecule has 1 aliphatic rings. The molecule has 0 atom stereocenters. The van der Waals surface area contributed by atoms with Crippen LogP contribution in [0.3, 0.4) is 0 Å². The summed E-state index contributed by atoms with van der Waals surface area (Å²) in [5, 5.41) is 3.59. The van der Waals surface area contributed by atoms with E-state index in [1.807, 2.05) is 19.1 Å². The van der Waals surface area contributed by atoms with E-state index in [1.54, 1.807) is 6.07 Å². The minimum Gasteiger partial charge on any atom is -0.326 e. The molecule has 1 aromatic carbocycles. The van der Waals surface area contributed by atoms with E-state index in [9.17, 15) is 4.79 Å². The predicted molar refractivity (Wildman–Crippen MR) is 79.7 cm³/mol. The first-order chi connectivity index (χ1) is 9.15. The van der Waals surface area contributed by atoms with Crippen LogP contribution in [-0.2, 0) is 4.79 Å². The molecule has 0 aromatic heterocycles. The highest BCUT2D eigenvalue weighted by molar-refractivity contribution is 6.31. The van der Waals surface area contributed by atoms with Crippen LogP contribution in [0.25, 0.3) is 0 Å². The lowest BCUT2D eigenvalue weighted by Crippen LogP contribution is -2.32. The Labute approximate surface area is 119 Å². The van der Waals surface area contributed by atoms with Crippen molar-refractivity contribution in [3.05, 3.63) is 28.8 Å². The number of benzene rings is 1. The Morgan fingerprint density at radius 2 is 2.05 bits per heavy atom. The number of anilines is 1. The maximum atomic E-state index is 11.9. The average Bonchev–Trinajstić information content (AvgIpc) is 2.42. The van der Waals surface area contributed by atoms with Gasteiger partial charge < -0.3 is 10.2 Å². The van der Waals surface area contributed by atoms with Crippen LogP contribution >= 0.6 is 11.6 Å². The van der Waals surface area contributed by atoms with Crippen molar-refractivity contribution in [1.82, 2.24) is 4.90 Å². The first kappa shape index (κ1) is 14.4. The van der Waals surface area contributed by atoms with Crippen molar-refractivity contribution in [3.63, 3.8) is 0 Å². The van der Waals surface area contributed by atoms with Crippen LogP contribution < -0.4 is 5.32 Å². The maximum absolute atomic E-state index is 11.9. The van der Waals surface area contributed by atoms with Gasteiger partial charge in [-0.15, -0.1) is 0 Å². The number of hydrogen-bond donors (Lipinski definition) is 1. The van der Waals surface area contributed by atoms with E-state index in [0.717, 1.165) is 30.9 Å². The van der Waals surface area contributed by atoms with E-state index < -0.39 is 0 Å². The zero-order valence-electron chi connectivity index (χ0n) is 11.4. The summed E-state index contributed by atoms with van der Waals surface area (Å²) < 4.78 is 0. The van der Waals surface area contributed by atoms with Crippen molar-refractivity contribution >= 4 is 23.2 Å². The second-order valence-corrected chi connectivity index (χ2v) is 5.60. The quantitative estimate of drug-likeness (QED) is 0.916. The second kappa shape index (κ2) is 6.92. The third-order valence-electron chi connectivity index (χ3n) is 3.58. The summed E-state index contributed by atoms with van der Waals surface area (Å²) in [6.45, 7) is 5.08. The van der Waals surface area contributed by atoms with E-state index in [0.29, 0.717) is 11.4 Å². The van der Waals surface area contributed by atoms with Gasteiger partial charge in [0.2, 0.25) is 5.91 Å². The Morgan fingerprint density at radius 1 is 1.32 bits per heavy atom. The lowest BCUT2D eigenvalue weighted by atomic mass is 10.1. The third-order valence-corrected chi connectivity index (χ3v) is 3.81. The molecule has 1 aromatic rings. The molecule has 1 saturated heterocycles. The monoisotopic (exact) mass is 280 g/mol. The van der Waals surface area contributed by atoms with Gasteiger partial charge in [0, 0.05) is 23.7 Å². The van der Waals surface area contributed by atoms with Crippen LogP contribution in [-0.4, -0.2) is 30.4 Å². The highest BCUT2D eigenvalue weighted by atomic mass is 35.5. The molecule has 4 heteroatoms.